The van der Waals surface area contributed by atoms with Gasteiger partial charge in [-0.2, -0.15) is 47.5 Å². The van der Waals surface area contributed by atoms with E-state index in [-0.39, 0.29) is 25.8 Å². The van der Waals surface area contributed by atoms with Gasteiger partial charge in [-0.3, -0.25) is 0 Å². The number of hydrogen-bond donors (Lipinski definition) is 0. The van der Waals surface area contributed by atoms with Gasteiger partial charge < -0.3 is 0 Å². The second-order valence-electron chi connectivity index (χ2n) is 3.44. The molecule has 0 N–H and O–H groups in total. The van der Waals surface area contributed by atoms with Crippen molar-refractivity contribution in [2.75, 3.05) is 0 Å². The minimum Gasteiger partial charge on any atom is -0.177 e. The zero-order chi connectivity index (χ0) is 11.6. The summed E-state index contributed by atoms with van der Waals surface area (Å²) in [5, 5.41) is 0. The summed E-state index contributed by atoms with van der Waals surface area (Å²) in [6, 6.07) is 16.5. The molecule has 0 aromatic heterocycles. The number of hydrogen-bond acceptors (Lipinski definition) is 0. The summed E-state index contributed by atoms with van der Waals surface area (Å²) in [7, 11) is 0. The van der Waals surface area contributed by atoms with E-state index >= 15 is 0 Å². The van der Waals surface area contributed by atoms with Crippen LogP contribution in [-0.4, -0.2) is 0 Å². The average Bonchev–Trinajstić information content (AvgIpc) is 2.92. The zero-order valence-electron chi connectivity index (χ0n) is 10.4. The van der Waals surface area contributed by atoms with E-state index in [2.05, 4.69) is 36.4 Å². The van der Waals surface area contributed by atoms with Crippen molar-refractivity contribution in [3.8, 4) is 0 Å². The molecule has 2 aromatic carbocycles. The molecule has 17 heavy (non-hydrogen) atoms. The molecule has 0 aliphatic heterocycles. The van der Waals surface area contributed by atoms with Crippen LogP contribution in [0.5, 0.6) is 0 Å². The molecule has 0 fully saturated rings. The van der Waals surface area contributed by atoms with Crippen LogP contribution in [0.2, 0.25) is 0 Å². The Morgan fingerprint density at radius 2 is 1.24 bits per heavy atom. The van der Waals surface area contributed by atoms with Crippen LogP contribution in [0, 0.1) is 0 Å². The van der Waals surface area contributed by atoms with Gasteiger partial charge in [-0.15, -0.1) is 36.4 Å². The second kappa shape index (κ2) is 10.2. The van der Waals surface area contributed by atoms with Gasteiger partial charge in [-0.05, 0) is 0 Å². The zero-order valence-corrected chi connectivity index (χ0v) is 14.0. The Bertz CT molecular complexity index is 360. The first-order valence-electron chi connectivity index (χ1n) is 5.55. The van der Waals surface area contributed by atoms with Crippen molar-refractivity contribution in [1.29, 1.82) is 0 Å². The SMILES string of the molecule is CC=Cc1ccc[cH-]1.CC=Cc1ccc[cH-]1.[Hf]. The van der Waals surface area contributed by atoms with Crippen LogP contribution in [0.25, 0.3) is 12.2 Å². The molecule has 88 valence electrons. The van der Waals surface area contributed by atoms with Gasteiger partial charge in [-0.1, -0.05) is 13.8 Å². The van der Waals surface area contributed by atoms with Crippen LogP contribution in [0.1, 0.15) is 25.0 Å². The third-order valence-electron chi connectivity index (χ3n) is 2.10. The van der Waals surface area contributed by atoms with E-state index in [1.54, 1.807) is 0 Å². The van der Waals surface area contributed by atoms with Gasteiger partial charge in [0, 0.05) is 25.8 Å². The van der Waals surface area contributed by atoms with E-state index < -0.39 is 0 Å². The first-order chi connectivity index (χ1) is 7.86. The Hall–Kier alpha value is -0.950. The molecule has 0 aliphatic carbocycles. The van der Waals surface area contributed by atoms with Gasteiger partial charge in [0.25, 0.3) is 0 Å². The molecule has 2 aromatic rings. The summed E-state index contributed by atoms with van der Waals surface area (Å²) in [6.07, 6.45) is 8.24. The Morgan fingerprint density at radius 1 is 0.824 bits per heavy atom. The number of allylic oxidation sites excluding steroid dienone is 2. The molecule has 0 aliphatic rings. The minimum absolute atomic E-state index is 0. The Balaban J connectivity index is 0.000000284. The van der Waals surface area contributed by atoms with Crippen LogP contribution in [0.15, 0.2) is 60.7 Å². The van der Waals surface area contributed by atoms with Gasteiger partial charge in [0.2, 0.25) is 0 Å². The van der Waals surface area contributed by atoms with Crippen LogP contribution in [0.3, 0.4) is 0 Å². The average molecular weight is 389 g/mol. The molecular formula is C16H18Hf-2. The maximum absolute atomic E-state index is 2.08. The molecule has 2 rings (SSSR count). The molecule has 0 radical (unpaired) electrons. The van der Waals surface area contributed by atoms with E-state index in [4.69, 9.17) is 0 Å². The van der Waals surface area contributed by atoms with Crippen LogP contribution < -0.4 is 0 Å². The van der Waals surface area contributed by atoms with Crippen LogP contribution in [0.4, 0.5) is 0 Å². The number of rotatable bonds is 2. The summed E-state index contributed by atoms with van der Waals surface area (Å²) in [5.74, 6) is 0. The summed E-state index contributed by atoms with van der Waals surface area (Å²) in [5.41, 5.74) is 2.57. The summed E-state index contributed by atoms with van der Waals surface area (Å²) < 4.78 is 0. The maximum Gasteiger partial charge on any atom is 0 e. The first kappa shape index (κ1) is 16.1. The predicted octanol–water partition coefficient (Wildman–Crippen LogP) is 4.87. The maximum atomic E-state index is 2.08. The van der Waals surface area contributed by atoms with Gasteiger partial charge in [-0.25, -0.2) is 0 Å². The molecule has 0 heterocycles. The van der Waals surface area contributed by atoms with Gasteiger partial charge in [0.05, 0.1) is 0 Å². The summed E-state index contributed by atoms with van der Waals surface area (Å²) >= 11 is 0. The standard InChI is InChI=1S/2C8H9.Hf/c2*1-2-5-8-6-3-4-7-8;/h2*2-7H,1H3;/q2*-1;. The smallest absolute Gasteiger partial charge is 0 e. The van der Waals surface area contributed by atoms with E-state index in [9.17, 15) is 0 Å². The quantitative estimate of drug-likeness (QED) is 0.508. The normalized spacial score (nSPS) is 10.0. The summed E-state index contributed by atoms with van der Waals surface area (Å²) in [4.78, 5) is 0. The van der Waals surface area contributed by atoms with Crippen molar-refractivity contribution in [1.82, 2.24) is 0 Å². The predicted molar refractivity (Wildman–Crippen MR) is 73.5 cm³/mol. The second-order valence-corrected chi connectivity index (χ2v) is 3.44. The molecule has 0 atom stereocenters. The molecule has 0 unspecified atom stereocenters. The van der Waals surface area contributed by atoms with E-state index in [0.29, 0.717) is 0 Å². The van der Waals surface area contributed by atoms with E-state index in [1.165, 1.54) is 11.1 Å². The van der Waals surface area contributed by atoms with Crippen molar-refractivity contribution >= 4 is 12.2 Å². The van der Waals surface area contributed by atoms with Crippen molar-refractivity contribution in [2.24, 2.45) is 0 Å². The largest absolute Gasteiger partial charge is 0.177 e. The van der Waals surface area contributed by atoms with Crippen molar-refractivity contribution in [3.63, 3.8) is 0 Å². The monoisotopic (exact) mass is 390 g/mol. The van der Waals surface area contributed by atoms with Gasteiger partial charge in [0.15, 0.2) is 0 Å². The molecule has 0 amide bonds. The third-order valence-corrected chi connectivity index (χ3v) is 2.10. The van der Waals surface area contributed by atoms with Crippen molar-refractivity contribution in [3.05, 3.63) is 71.8 Å². The molecule has 0 saturated carbocycles. The molecular weight excluding hydrogens is 371 g/mol. The Labute approximate surface area is 123 Å². The molecule has 0 nitrogen and oxygen atoms in total. The first-order valence-corrected chi connectivity index (χ1v) is 5.55. The van der Waals surface area contributed by atoms with Gasteiger partial charge in [0.1, 0.15) is 0 Å². The van der Waals surface area contributed by atoms with Crippen LogP contribution in [-0.2, 0) is 25.8 Å². The van der Waals surface area contributed by atoms with Gasteiger partial charge >= 0.3 is 0 Å². The van der Waals surface area contributed by atoms with Crippen molar-refractivity contribution < 1.29 is 25.8 Å². The molecule has 0 spiro atoms. The van der Waals surface area contributed by atoms with Crippen LogP contribution >= 0.6 is 0 Å². The minimum atomic E-state index is 0. The molecule has 1 heteroatoms. The Kier molecular flexibility index (Phi) is 9.65. The third kappa shape index (κ3) is 7.06. The van der Waals surface area contributed by atoms with E-state index in [1.807, 2.05) is 50.3 Å². The molecule has 0 bridgehead atoms. The fraction of sp³-hybridized carbons (Fsp3) is 0.125. The summed E-state index contributed by atoms with van der Waals surface area (Å²) in [6.45, 7) is 4.04. The van der Waals surface area contributed by atoms with E-state index in [0.717, 1.165) is 0 Å². The molecule has 0 saturated heterocycles. The van der Waals surface area contributed by atoms with Crippen molar-refractivity contribution in [2.45, 2.75) is 13.8 Å². The topological polar surface area (TPSA) is 0 Å². The fourth-order valence-electron chi connectivity index (χ4n) is 1.38. The fourth-order valence-corrected chi connectivity index (χ4v) is 1.38. The Morgan fingerprint density at radius 3 is 1.47 bits per heavy atom.